The summed E-state index contributed by atoms with van der Waals surface area (Å²) in [5.41, 5.74) is 0. The number of likely N-dealkylation sites (tertiary alicyclic amines) is 1. The molecule has 1 amide bonds. The maximum atomic E-state index is 12.1. The van der Waals surface area contributed by atoms with E-state index < -0.39 is 11.9 Å². The van der Waals surface area contributed by atoms with E-state index >= 15 is 0 Å². The first-order valence-electron chi connectivity index (χ1n) is 7.87. The van der Waals surface area contributed by atoms with Crippen LogP contribution in [0.5, 0.6) is 11.5 Å². The maximum absolute atomic E-state index is 12.1. The number of hydrogen-bond donors (Lipinski definition) is 1. The van der Waals surface area contributed by atoms with Crippen LogP contribution in [0.25, 0.3) is 0 Å². The zero-order chi connectivity index (χ0) is 16.7. The summed E-state index contributed by atoms with van der Waals surface area (Å²) < 4.78 is 10.7. The fourth-order valence-electron chi connectivity index (χ4n) is 2.65. The van der Waals surface area contributed by atoms with Crippen LogP contribution in [0.15, 0.2) is 24.3 Å². The number of rotatable bonds is 7. The predicted octanol–water partition coefficient (Wildman–Crippen LogP) is 2.18. The van der Waals surface area contributed by atoms with E-state index in [1.165, 1.54) is 0 Å². The normalized spacial score (nSPS) is 17.6. The van der Waals surface area contributed by atoms with Crippen molar-refractivity contribution in [2.75, 3.05) is 26.8 Å². The van der Waals surface area contributed by atoms with E-state index in [0.29, 0.717) is 39.0 Å². The van der Waals surface area contributed by atoms with Gasteiger partial charge in [0.1, 0.15) is 11.5 Å². The SMILES string of the molecule is COc1ccc(OCCCC(=O)N2CCCC(C(=O)O)C2)cc1. The molecule has 1 aromatic rings. The number of piperidine rings is 1. The van der Waals surface area contributed by atoms with Crippen LogP contribution < -0.4 is 9.47 Å². The standard InChI is InChI=1S/C17H23NO5/c1-22-14-6-8-15(9-7-14)23-11-3-5-16(19)18-10-2-4-13(12-18)17(20)21/h6-9,13H,2-5,10-12H2,1H3,(H,20,21). The lowest BCUT2D eigenvalue weighted by Gasteiger charge is -2.30. The number of nitrogens with zero attached hydrogens (tertiary/aromatic N) is 1. The molecule has 6 nitrogen and oxygen atoms in total. The molecule has 6 heteroatoms. The minimum Gasteiger partial charge on any atom is -0.497 e. The van der Waals surface area contributed by atoms with Gasteiger partial charge >= 0.3 is 5.97 Å². The highest BCUT2D eigenvalue weighted by Gasteiger charge is 2.27. The summed E-state index contributed by atoms with van der Waals surface area (Å²) in [5.74, 6) is 0.274. The molecule has 0 saturated carbocycles. The third-order valence-corrected chi connectivity index (χ3v) is 3.99. The molecule has 0 aliphatic carbocycles. The molecule has 1 unspecified atom stereocenters. The fourth-order valence-corrected chi connectivity index (χ4v) is 2.65. The number of benzene rings is 1. The second kappa shape index (κ2) is 8.41. The first kappa shape index (κ1) is 17.1. The predicted molar refractivity (Wildman–Crippen MR) is 84.7 cm³/mol. The van der Waals surface area contributed by atoms with Crippen molar-refractivity contribution >= 4 is 11.9 Å². The van der Waals surface area contributed by atoms with Crippen molar-refractivity contribution in [3.63, 3.8) is 0 Å². The molecule has 1 N–H and O–H groups in total. The second-order valence-corrected chi connectivity index (χ2v) is 5.64. The van der Waals surface area contributed by atoms with Crippen LogP contribution in [0.4, 0.5) is 0 Å². The van der Waals surface area contributed by atoms with Gasteiger partial charge in [-0.25, -0.2) is 0 Å². The molecule has 126 valence electrons. The van der Waals surface area contributed by atoms with Gasteiger partial charge in [0.25, 0.3) is 0 Å². The molecule has 1 aromatic carbocycles. The third-order valence-electron chi connectivity index (χ3n) is 3.99. The second-order valence-electron chi connectivity index (χ2n) is 5.64. The molecule has 1 aliphatic heterocycles. The van der Waals surface area contributed by atoms with Crippen molar-refractivity contribution in [1.82, 2.24) is 4.90 Å². The van der Waals surface area contributed by atoms with E-state index in [9.17, 15) is 9.59 Å². The molecule has 0 radical (unpaired) electrons. The molecule has 0 spiro atoms. The van der Waals surface area contributed by atoms with Gasteiger partial charge < -0.3 is 19.5 Å². The highest BCUT2D eigenvalue weighted by molar-refractivity contribution is 5.78. The number of ether oxygens (including phenoxy) is 2. The van der Waals surface area contributed by atoms with Crippen LogP contribution in [0.2, 0.25) is 0 Å². The monoisotopic (exact) mass is 321 g/mol. The lowest BCUT2D eigenvalue weighted by atomic mass is 9.98. The van der Waals surface area contributed by atoms with Crippen LogP contribution >= 0.6 is 0 Å². The Hall–Kier alpha value is -2.24. The van der Waals surface area contributed by atoms with E-state index in [2.05, 4.69) is 0 Å². The van der Waals surface area contributed by atoms with Crippen molar-refractivity contribution in [1.29, 1.82) is 0 Å². The molecule has 1 heterocycles. The van der Waals surface area contributed by atoms with Gasteiger partial charge in [-0.1, -0.05) is 0 Å². The van der Waals surface area contributed by atoms with Gasteiger partial charge in [0, 0.05) is 19.5 Å². The van der Waals surface area contributed by atoms with Crippen LogP contribution in [0.1, 0.15) is 25.7 Å². The first-order chi connectivity index (χ1) is 11.1. The molecule has 1 saturated heterocycles. The summed E-state index contributed by atoms with van der Waals surface area (Å²) in [7, 11) is 1.61. The number of carboxylic acid groups (broad SMARTS) is 1. The largest absolute Gasteiger partial charge is 0.497 e. The number of aliphatic carboxylic acids is 1. The number of carbonyl (C=O) groups excluding carboxylic acids is 1. The third kappa shape index (κ3) is 5.16. The Bertz CT molecular complexity index is 528. The molecule has 23 heavy (non-hydrogen) atoms. The fraction of sp³-hybridized carbons (Fsp3) is 0.529. The van der Waals surface area contributed by atoms with Crippen LogP contribution in [-0.4, -0.2) is 48.7 Å². The smallest absolute Gasteiger partial charge is 0.308 e. The Morgan fingerprint density at radius 1 is 1.26 bits per heavy atom. The molecule has 1 atom stereocenters. The Balaban J connectivity index is 1.68. The Morgan fingerprint density at radius 3 is 2.61 bits per heavy atom. The molecule has 0 aromatic heterocycles. The average molecular weight is 321 g/mol. The van der Waals surface area contributed by atoms with Crippen molar-refractivity contribution in [2.24, 2.45) is 5.92 Å². The molecule has 1 aliphatic rings. The van der Waals surface area contributed by atoms with E-state index in [0.717, 1.165) is 17.9 Å². The highest BCUT2D eigenvalue weighted by atomic mass is 16.5. The van der Waals surface area contributed by atoms with Gasteiger partial charge in [-0.2, -0.15) is 0 Å². The maximum Gasteiger partial charge on any atom is 0.308 e. The molecule has 2 rings (SSSR count). The first-order valence-corrected chi connectivity index (χ1v) is 7.87. The van der Waals surface area contributed by atoms with Crippen molar-refractivity contribution < 1.29 is 24.2 Å². The van der Waals surface area contributed by atoms with Gasteiger partial charge in [0.05, 0.1) is 19.6 Å². The molecule has 1 fully saturated rings. The Labute approximate surface area is 136 Å². The molecular formula is C17H23NO5. The van der Waals surface area contributed by atoms with E-state index in [-0.39, 0.29) is 5.91 Å². The van der Waals surface area contributed by atoms with Gasteiger partial charge in [-0.05, 0) is 43.5 Å². The average Bonchev–Trinajstić information content (AvgIpc) is 2.59. The van der Waals surface area contributed by atoms with Crippen molar-refractivity contribution in [3.8, 4) is 11.5 Å². The van der Waals surface area contributed by atoms with Crippen molar-refractivity contribution in [2.45, 2.75) is 25.7 Å². The number of amides is 1. The van der Waals surface area contributed by atoms with Gasteiger partial charge in [0.2, 0.25) is 5.91 Å². The van der Waals surface area contributed by atoms with Gasteiger partial charge in [-0.15, -0.1) is 0 Å². The molecular weight excluding hydrogens is 298 g/mol. The lowest BCUT2D eigenvalue weighted by Crippen LogP contribution is -2.42. The van der Waals surface area contributed by atoms with Crippen LogP contribution in [0.3, 0.4) is 0 Å². The summed E-state index contributed by atoms with van der Waals surface area (Å²) in [5, 5.41) is 9.05. The minimum atomic E-state index is -0.815. The number of methoxy groups -OCH3 is 1. The van der Waals surface area contributed by atoms with Gasteiger partial charge in [-0.3, -0.25) is 9.59 Å². The number of hydrogen-bond acceptors (Lipinski definition) is 4. The minimum absolute atomic E-state index is 0.00859. The van der Waals surface area contributed by atoms with E-state index in [4.69, 9.17) is 14.6 Å². The van der Waals surface area contributed by atoms with Gasteiger partial charge in [0.15, 0.2) is 0 Å². The number of carboxylic acids is 1. The summed E-state index contributed by atoms with van der Waals surface area (Å²) >= 11 is 0. The zero-order valence-electron chi connectivity index (χ0n) is 13.4. The number of carbonyl (C=O) groups is 2. The topological polar surface area (TPSA) is 76.1 Å². The lowest BCUT2D eigenvalue weighted by molar-refractivity contribution is -0.145. The Morgan fingerprint density at radius 2 is 1.96 bits per heavy atom. The van der Waals surface area contributed by atoms with E-state index in [1.54, 1.807) is 12.0 Å². The van der Waals surface area contributed by atoms with E-state index in [1.807, 2.05) is 24.3 Å². The van der Waals surface area contributed by atoms with Crippen LogP contribution in [0, 0.1) is 5.92 Å². The summed E-state index contributed by atoms with van der Waals surface area (Å²) in [4.78, 5) is 24.8. The quantitative estimate of drug-likeness (QED) is 0.779. The summed E-state index contributed by atoms with van der Waals surface area (Å²) in [6.45, 7) is 1.43. The summed E-state index contributed by atoms with van der Waals surface area (Å²) in [6, 6.07) is 7.28. The summed E-state index contributed by atoms with van der Waals surface area (Å²) in [6.07, 6.45) is 2.40. The Kier molecular flexibility index (Phi) is 6.26. The zero-order valence-corrected chi connectivity index (χ0v) is 13.4. The van der Waals surface area contributed by atoms with Crippen LogP contribution in [-0.2, 0) is 9.59 Å². The molecule has 0 bridgehead atoms. The van der Waals surface area contributed by atoms with Crippen molar-refractivity contribution in [3.05, 3.63) is 24.3 Å². The highest BCUT2D eigenvalue weighted by Crippen LogP contribution is 2.19.